The largest absolute Gasteiger partial charge is 0.333 e. The molecule has 0 atom stereocenters. The molecule has 1 rings (SSSR count). The molecule has 0 bridgehead atoms. The molecule has 1 heterocycles. The van der Waals surface area contributed by atoms with Crippen LogP contribution in [0.15, 0.2) is 30.6 Å². The Balaban J connectivity index is 0. The van der Waals surface area contributed by atoms with E-state index >= 15 is 0 Å². The van der Waals surface area contributed by atoms with Gasteiger partial charge in [0.1, 0.15) is 7.05 Å². The van der Waals surface area contributed by atoms with Crippen LogP contribution in [0.4, 0.5) is 0 Å². The zero-order valence-electron chi connectivity index (χ0n) is 10.8. The number of hydrogen-bond donors (Lipinski definition) is 0. The number of pyridine rings is 1. The van der Waals surface area contributed by atoms with E-state index in [2.05, 4.69) is 28.2 Å². The molecule has 0 amide bonds. The van der Waals surface area contributed by atoms with Crippen LogP contribution >= 0.6 is 0 Å². The minimum absolute atomic E-state index is 1.00. The maximum atomic E-state index is 2.12. The molecule has 0 saturated carbocycles. The van der Waals surface area contributed by atoms with E-state index in [-0.39, 0.29) is 0 Å². The van der Waals surface area contributed by atoms with Crippen molar-refractivity contribution in [1.29, 1.82) is 0 Å². The van der Waals surface area contributed by atoms with Gasteiger partial charge < -0.3 is 4.48 Å². The van der Waals surface area contributed by atoms with Crippen LogP contribution in [0.1, 0.15) is 13.8 Å². The first-order valence-corrected chi connectivity index (χ1v) is 5.09. The van der Waals surface area contributed by atoms with Crippen LogP contribution in [0, 0.1) is 0 Å². The number of aromatic nitrogens is 1. The highest BCUT2D eigenvalue weighted by Crippen LogP contribution is 1.73. The number of aryl methyl sites for hydroxylation is 1. The highest BCUT2D eigenvalue weighted by molar-refractivity contribution is 4.83. The molecular weight excluding hydrogens is 172 g/mol. The SMILES string of the molecule is CC.C[N+](C)(C)C.C[n+]1ccccc1. The number of quaternary nitrogens is 1. The van der Waals surface area contributed by atoms with Gasteiger partial charge in [0, 0.05) is 12.1 Å². The molecule has 0 radical (unpaired) electrons. The third-order valence-electron chi connectivity index (χ3n) is 0.865. The smallest absolute Gasteiger partial charge is 0.168 e. The van der Waals surface area contributed by atoms with Crippen molar-refractivity contribution in [2.24, 2.45) is 7.05 Å². The standard InChI is InChI=1S/C6H8N.C4H12N.C2H6/c1-7-5-3-2-4-6-7;1-5(2,3)4;1-2/h2-6H,1H3;1-4H3;1-2H3/q2*+1;. The van der Waals surface area contributed by atoms with Gasteiger partial charge in [-0.05, 0) is 0 Å². The summed E-state index contributed by atoms with van der Waals surface area (Å²) < 4.78 is 3.00. The summed E-state index contributed by atoms with van der Waals surface area (Å²) in [4.78, 5) is 0. The minimum Gasteiger partial charge on any atom is -0.333 e. The summed E-state index contributed by atoms with van der Waals surface area (Å²) >= 11 is 0. The summed E-state index contributed by atoms with van der Waals surface area (Å²) in [5, 5.41) is 0. The monoisotopic (exact) mass is 198 g/mol. The molecular formula is C12H26N2+2. The van der Waals surface area contributed by atoms with Gasteiger partial charge in [0.2, 0.25) is 0 Å². The van der Waals surface area contributed by atoms with Gasteiger partial charge in [0.15, 0.2) is 12.4 Å². The summed E-state index contributed by atoms with van der Waals surface area (Å²) in [7, 11) is 10.5. The lowest BCUT2D eigenvalue weighted by atomic mass is 10.5. The lowest BCUT2D eigenvalue weighted by Crippen LogP contribution is -2.27. The molecule has 14 heavy (non-hydrogen) atoms. The van der Waals surface area contributed by atoms with E-state index < -0.39 is 0 Å². The fourth-order valence-electron chi connectivity index (χ4n) is 0.485. The third-order valence-corrected chi connectivity index (χ3v) is 0.865. The van der Waals surface area contributed by atoms with Crippen LogP contribution in [-0.4, -0.2) is 32.7 Å². The molecule has 82 valence electrons. The first-order chi connectivity index (χ1) is 6.39. The maximum absolute atomic E-state index is 2.12. The fraction of sp³-hybridized carbons (Fsp3) is 0.583. The van der Waals surface area contributed by atoms with Crippen LogP contribution in [0.5, 0.6) is 0 Å². The van der Waals surface area contributed by atoms with E-state index in [1.165, 1.54) is 0 Å². The van der Waals surface area contributed by atoms with Crippen LogP contribution in [0.25, 0.3) is 0 Å². The van der Waals surface area contributed by atoms with E-state index in [1.807, 2.05) is 56.1 Å². The Morgan fingerprint density at radius 1 is 0.786 bits per heavy atom. The Morgan fingerprint density at radius 3 is 1.21 bits per heavy atom. The third kappa shape index (κ3) is 22.5. The highest BCUT2D eigenvalue weighted by atomic mass is 15.2. The number of rotatable bonds is 0. The predicted molar refractivity (Wildman–Crippen MR) is 62.9 cm³/mol. The maximum Gasteiger partial charge on any atom is 0.168 e. The van der Waals surface area contributed by atoms with Crippen molar-refractivity contribution in [3.8, 4) is 0 Å². The molecule has 0 aromatic carbocycles. The molecule has 0 spiro atoms. The Kier molecular flexibility index (Phi) is 9.68. The molecule has 2 heteroatoms. The van der Waals surface area contributed by atoms with Gasteiger partial charge in [-0.15, -0.1) is 0 Å². The highest BCUT2D eigenvalue weighted by Gasteiger charge is 1.88. The number of nitrogens with zero attached hydrogens (tertiary/aromatic N) is 2. The quantitative estimate of drug-likeness (QED) is 0.442. The Labute approximate surface area is 89.4 Å². The van der Waals surface area contributed by atoms with Crippen LogP contribution in [0.2, 0.25) is 0 Å². The average molecular weight is 198 g/mol. The van der Waals surface area contributed by atoms with Crippen molar-refractivity contribution in [2.75, 3.05) is 28.2 Å². The average Bonchev–Trinajstić information content (AvgIpc) is 2.06. The number of hydrogen-bond acceptors (Lipinski definition) is 0. The van der Waals surface area contributed by atoms with E-state index in [9.17, 15) is 0 Å². The molecule has 0 fully saturated rings. The minimum atomic E-state index is 1.00. The Hall–Kier alpha value is -0.890. The Bertz CT molecular complexity index is 193. The van der Waals surface area contributed by atoms with E-state index in [0.29, 0.717) is 0 Å². The van der Waals surface area contributed by atoms with Gasteiger partial charge in [-0.2, -0.15) is 0 Å². The summed E-state index contributed by atoms with van der Waals surface area (Å²) in [6, 6.07) is 6.00. The first-order valence-electron chi connectivity index (χ1n) is 5.09. The molecule has 0 unspecified atom stereocenters. The van der Waals surface area contributed by atoms with Gasteiger partial charge in [-0.1, -0.05) is 19.9 Å². The lowest BCUT2D eigenvalue weighted by molar-refractivity contribution is -0.849. The summed E-state index contributed by atoms with van der Waals surface area (Å²) in [5.74, 6) is 0. The van der Waals surface area contributed by atoms with Crippen molar-refractivity contribution in [3.63, 3.8) is 0 Å². The van der Waals surface area contributed by atoms with Gasteiger partial charge in [0.25, 0.3) is 0 Å². The summed E-state index contributed by atoms with van der Waals surface area (Å²) in [6.07, 6.45) is 4.00. The molecule has 0 aliphatic carbocycles. The molecule has 1 aromatic heterocycles. The molecule has 2 nitrogen and oxygen atoms in total. The second-order valence-corrected chi connectivity index (χ2v) is 4.22. The molecule has 0 aliphatic heterocycles. The van der Waals surface area contributed by atoms with Crippen molar-refractivity contribution in [3.05, 3.63) is 30.6 Å². The second-order valence-electron chi connectivity index (χ2n) is 4.22. The van der Waals surface area contributed by atoms with E-state index in [4.69, 9.17) is 0 Å². The van der Waals surface area contributed by atoms with Crippen molar-refractivity contribution >= 4 is 0 Å². The van der Waals surface area contributed by atoms with Crippen molar-refractivity contribution in [2.45, 2.75) is 13.8 Å². The van der Waals surface area contributed by atoms with Gasteiger partial charge >= 0.3 is 0 Å². The predicted octanol–water partition coefficient (Wildman–Crippen LogP) is 1.86. The lowest BCUT2D eigenvalue weighted by Gasteiger charge is -2.14. The van der Waals surface area contributed by atoms with E-state index in [0.717, 1.165) is 4.48 Å². The molecule has 0 N–H and O–H groups in total. The van der Waals surface area contributed by atoms with Crippen molar-refractivity contribution < 1.29 is 9.05 Å². The second kappa shape index (κ2) is 8.70. The normalized spacial score (nSPS) is 9.07. The molecule has 0 saturated heterocycles. The van der Waals surface area contributed by atoms with Crippen molar-refractivity contribution in [1.82, 2.24) is 0 Å². The zero-order chi connectivity index (χ0) is 11.6. The topological polar surface area (TPSA) is 3.88 Å². The first kappa shape index (κ1) is 15.6. The van der Waals surface area contributed by atoms with E-state index in [1.54, 1.807) is 0 Å². The fourth-order valence-corrected chi connectivity index (χ4v) is 0.485. The van der Waals surface area contributed by atoms with Crippen LogP contribution in [0.3, 0.4) is 0 Å². The summed E-state index contributed by atoms with van der Waals surface area (Å²) in [5.41, 5.74) is 0. The summed E-state index contributed by atoms with van der Waals surface area (Å²) in [6.45, 7) is 4.00. The Morgan fingerprint density at radius 2 is 1.07 bits per heavy atom. The van der Waals surface area contributed by atoms with Gasteiger partial charge in [-0.25, -0.2) is 4.57 Å². The van der Waals surface area contributed by atoms with Gasteiger partial charge in [0.05, 0.1) is 28.2 Å². The van der Waals surface area contributed by atoms with Crippen LogP contribution in [-0.2, 0) is 7.05 Å². The molecule has 0 aliphatic rings. The van der Waals surface area contributed by atoms with Crippen LogP contribution < -0.4 is 4.57 Å². The molecule has 1 aromatic rings. The van der Waals surface area contributed by atoms with Gasteiger partial charge in [-0.3, -0.25) is 0 Å². The zero-order valence-corrected chi connectivity index (χ0v) is 10.8.